The number of fused-ring (bicyclic) bond motifs is 2. The number of piperidine rings is 1. The Hall–Kier alpha value is -1.65. The van der Waals surface area contributed by atoms with Gasteiger partial charge in [0.1, 0.15) is 5.82 Å². The summed E-state index contributed by atoms with van der Waals surface area (Å²) in [6.45, 7) is 3.96. The number of nitrogens with zero attached hydrogens (tertiary/aromatic N) is 3. The second-order valence-corrected chi connectivity index (χ2v) is 6.13. The van der Waals surface area contributed by atoms with E-state index < -0.39 is 5.97 Å². The van der Waals surface area contributed by atoms with Gasteiger partial charge in [-0.2, -0.15) is 0 Å². The van der Waals surface area contributed by atoms with E-state index >= 15 is 0 Å². The largest absolute Gasteiger partial charge is 0.481 e. The van der Waals surface area contributed by atoms with Gasteiger partial charge in [0.25, 0.3) is 0 Å². The van der Waals surface area contributed by atoms with Crippen molar-refractivity contribution >= 4 is 11.8 Å². The summed E-state index contributed by atoms with van der Waals surface area (Å²) in [5, 5.41) is 8.97. The van der Waals surface area contributed by atoms with Gasteiger partial charge in [-0.15, -0.1) is 0 Å². The maximum atomic E-state index is 10.9. The van der Waals surface area contributed by atoms with E-state index in [1.54, 1.807) is 0 Å². The monoisotopic (exact) mass is 275 g/mol. The topological polar surface area (TPSA) is 66.3 Å². The molecule has 2 bridgehead atoms. The zero-order valence-corrected chi connectivity index (χ0v) is 12.0. The van der Waals surface area contributed by atoms with Crippen molar-refractivity contribution in [3.63, 3.8) is 0 Å². The second kappa shape index (κ2) is 5.04. The smallest absolute Gasteiger partial charge is 0.303 e. The third-order valence-corrected chi connectivity index (χ3v) is 4.74. The molecule has 2 atom stereocenters. The van der Waals surface area contributed by atoms with E-state index in [1.807, 2.05) is 20.0 Å². The number of rotatable bonds is 3. The minimum atomic E-state index is -0.672. The van der Waals surface area contributed by atoms with Crippen LogP contribution in [-0.4, -0.2) is 33.1 Å². The minimum Gasteiger partial charge on any atom is -0.481 e. The normalized spacial score (nSPS) is 28.7. The quantitative estimate of drug-likeness (QED) is 0.917. The van der Waals surface area contributed by atoms with Crippen molar-refractivity contribution in [2.24, 2.45) is 5.92 Å². The molecule has 20 heavy (non-hydrogen) atoms. The number of hydrogen-bond acceptors (Lipinski definition) is 4. The number of hydrogen-bond donors (Lipinski definition) is 1. The Morgan fingerprint density at radius 1 is 1.30 bits per heavy atom. The Balaban J connectivity index is 1.79. The van der Waals surface area contributed by atoms with Gasteiger partial charge in [-0.1, -0.05) is 0 Å². The SMILES string of the molecule is Cc1ncc(N2C3CCC2CC(CC(=O)O)C3)nc1C. The van der Waals surface area contributed by atoms with Crippen molar-refractivity contribution in [3.8, 4) is 0 Å². The van der Waals surface area contributed by atoms with Crippen LogP contribution in [-0.2, 0) is 4.79 Å². The van der Waals surface area contributed by atoms with E-state index in [0.717, 1.165) is 42.9 Å². The molecule has 0 aromatic carbocycles. The Morgan fingerprint density at radius 2 is 1.95 bits per heavy atom. The molecule has 0 spiro atoms. The Kier molecular flexibility index (Phi) is 3.36. The third kappa shape index (κ3) is 2.37. The van der Waals surface area contributed by atoms with Crippen molar-refractivity contribution in [2.75, 3.05) is 4.90 Å². The molecule has 108 valence electrons. The van der Waals surface area contributed by atoms with E-state index in [-0.39, 0.29) is 0 Å². The standard InChI is InChI=1S/C15H21N3O2/c1-9-10(2)17-14(8-16-9)18-12-3-4-13(18)6-11(5-12)7-15(19)20/h8,11-13H,3-7H2,1-2H3,(H,19,20). The predicted octanol–water partition coefficient (Wildman–Crippen LogP) is 2.32. The van der Waals surface area contributed by atoms with Gasteiger partial charge in [0.15, 0.2) is 0 Å². The molecule has 2 aliphatic heterocycles. The van der Waals surface area contributed by atoms with E-state index in [4.69, 9.17) is 5.11 Å². The molecule has 2 saturated heterocycles. The number of carboxylic acid groups (broad SMARTS) is 1. The summed E-state index contributed by atoms with van der Waals surface area (Å²) < 4.78 is 0. The first kappa shape index (κ1) is 13.3. The van der Waals surface area contributed by atoms with Crippen molar-refractivity contribution in [3.05, 3.63) is 17.6 Å². The van der Waals surface area contributed by atoms with Gasteiger partial charge < -0.3 is 10.0 Å². The van der Waals surface area contributed by atoms with Crippen molar-refractivity contribution < 1.29 is 9.90 Å². The minimum absolute atomic E-state index is 0.305. The van der Waals surface area contributed by atoms with Crippen LogP contribution in [0.1, 0.15) is 43.5 Å². The molecule has 3 rings (SSSR count). The Bertz CT molecular complexity index is 518. The Labute approximate surface area is 119 Å². The summed E-state index contributed by atoms with van der Waals surface area (Å²) in [4.78, 5) is 22.4. The van der Waals surface area contributed by atoms with Gasteiger partial charge in [0.05, 0.1) is 17.6 Å². The zero-order chi connectivity index (χ0) is 14.3. The summed E-state index contributed by atoms with van der Waals surface area (Å²) >= 11 is 0. The summed E-state index contributed by atoms with van der Waals surface area (Å²) in [7, 11) is 0. The number of aryl methyl sites for hydroxylation is 2. The van der Waals surface area contributed by atoms with Crippen LogP contribution in [0.5, 0.6) is 0 Å². The number of carbonyl (C=O) groups is 1. The van der Waals surface area contributed by atoms with Crippen LogP contribution in [0, 0.1) is 19.8 Å². The first-order valence-corrected chi connectivity index (χ1v) is 7.35. The molecule has 0 radical (unpaired) electrons. The molecule has 5 nitrogen and oxygen atoms in total. The first-order valence-electron chi connectivity index (χ1n) is 7.35. The highest BCUT2D eigenvalue weighted by Crippen LogP contribution is 2.41. The predicted molar refractivity (Wildman–Crippen MR) is 75.8 cm³/mol. The third-order valence-electron chi connectivity index (χ3n) is 4.74. The lowest BCUT2D eigenvalue weighted by atomic mass is 9.88. The fourth-order valence-electron chi connectivity index (χ4n) is 3.73. The molecular formula is C15H21N3O2. The average molecular weight is 275 g/mol. The summed E-state index contributed by atoms with van der Waals surface area (Å²) in [6, 6.07) is 0.879. The van der Waals surface area contributed by atoms with Crippen molar-refractivity contribution in [2.45, 2.75) is 58.0 Å². The van der Waals surface area contributed by atoms with E-state index in [9.17, 15) is 4.79 Å². The summed E-state index contributed by atoms with van der Waals surface area (Å²) in [6.07, 6.45) is 6.41. The molecule has 2 unspecified atom stereocenters. The maximum absolute atomic E-state index is 10.9. The summed E-state index contributed by atoms with van der Waals surface area (Å²) in [5.41, 5.74) is 1.96. The van der Waals surface area contributed by atoms with Crippen LogP contribution in [0.15, 0.2) is 6.20 Å². The number of anilines is 1. The molecule has 1 aromatic rings. The number of aromatic nitrogens is 2. The molecule has 5 heteroatoms. The molecule has 2 aliphatic rings. The Morgan fingerprint density at radius 3 is 2.50 bits per heavy atom. The zero-order valence-electron chi connectivity index (χ0n) is 12.0. The van der Waals surface area contributed by atoms with Gasteiger partial charge in [-0.05, 0) is 45.4 Å². The first-order chi connectivity index (χ1) is 9.54. The number of carboxylic acids is 1. The molecular weight excluding hydrogens is 254 g/mol. The molecule has 0 amide bonds. The van der Waals surface area contributed by atoms with Crippen LogP contribution < -0.4 is 4.90 Å². The van der Waals surface area contributed by atoms with E-state index in [1.165, 1.54) is 0 Å². The van der Waals surface area contributed by atoms with Gasteiger partial charge in [-0.25, -0.2) is 4.98 Å². The summed E-state index contributed by atoms with van der Waals surface area (Å²) in [5.74, 6) is 0.615. The lowest BCUT2D eigenvalue weighted by molar-refractivity contribution is -0.138. The van der Waals surface area contributed by atoms with Gasteiger partial charge in [-0.3, -0.25) is 9.78 Å². The second-order valence-electron chi connectivity index (χ2n) is 6.13. The van der Waals surface area contributed by atoms with Crippen molar-refractivity contribution in [1.29, 1.82) is 0 Å². The lowest BCUT2D eigenvalue weighted by Crippen LogP contribution is -2.44. The fraction of sp³-hybridized carbons (Fsp3) is 0.667. The average Bonchev–Trinajstić information content (AvgIpc) is 2.64. The maximum Gasteiger partial charge on any atom is 0.303 e. The molecule has 0 aliphatic carbocycles. The molecule has 1 aromatic heterocycles. The molecule has 2 fully saturated rings. The van der Waals surface area contributed by atoms with Crippen LogP contribution in [0.4, 0.5) is 5.82 Å². The van der Waals surface area contributed by atoms with Crippen LogP contribution in [0.2, 0.25) is 0 Å². The highest BCUT2D eigenvalue weighted by Gasteiger charge is 2.41. The number of aliphatic carboxylic acids is 1. The molecule has 0 saturated carbocycles. The van der Waals surface area contributed by atoms with Gasteiger partial charge >= 0.3 is 5.97 Å². The van der Waals surface area contributed by atoms with E-state index in [2.05, 4.69) is 14.9 Å². The molecule has 1 N–H and O–H groups in total. The highest BCUT2D eigenvalue weighted by atomic mass is 16.4. The van der Waals surface area contributed by atoms with Crippen LogP contribution in [0.3, 0.4) is 0 Å². The van der Waals surface area contributed by atoms with Crippen LogP contribution >= 0.6 is 0 Å². The van der Waals surface area contributed by atoms with Crippen molar-refractivity contribution in [1.82, 2.24) is 9.97 Å². The fourth-order valence-corrected chi connectivity index (χ4v) is 3.73. The van der Waals surface area contributed by atoms with E-state index in [0.29, 0.717) is 24.4 Å². The molecule has 3 heterocycles. The highest BCUT2D eigenvalue weighted by molar-refractivity contribution is 5.67. The van der Waals surface area contributed by atoms with Crippen LogP contribution in [0.25, 0.3) is 0 Å². The lowest BCUT2D eigenvalue weighted by Gasteiger charge is -2.39. The van der Waals surface area contributed by atoms with Gasteiger partial charge in [0.2, 0.25) is 0 Å². The van der Waals surface area contributed by atoms with Gasteiger partial charge in [0, 0.05) is 18.5 Å².